The number of rotatable bonds is 3. The predicted molar refractivity (Wildman–Crippen MR) is 53.6 cm³/mol. The lowest BCUT2D eigenvalue weighted by molar-refractivity contribution is 0.358. The maximum atomic E-state index is 10.9. The molecule has 7 heteroatoms. The average Bonchev–Trinajstić information content (AvgIpc) is 2.15. The largest absolute Gasteiger partial charge is 0.504 e. The zero-order valence-electron chi connectivity index (χ0n) is 7.99. The lowest BCUT2D eigenvalue weighted by Crippen LogP contribution is -2.10. The van der Waals surface area contributed by atoms with Crippen molar-refractivity contribution in [3.05, 3.63) is 23.8 Å². The summed E-state index contributed by atoms with van der Waals surface area (Å²) >= 11 is 0. The number of phenols is 1. The van der Waals surface area contributed by atoms with E-state index >= 15 is 0 Å². The van der Waals surface area contributed by atoms with Crippen molar-refractivity contribution in [2.24, 2.45) is 5.73 Å². The Labute approximate surface area is 86.5 Å². The third kappa shape index (κ3) is 2.70. The number of benzene rings is 1. The van der Waals surface area contributed by atoms with E-state index in [0.717, 1.165) is 0 Å². The second-order valence-electron chi connectivity index (χ2n) is 2.97. The van der Waals surface area contributed by atoms with E-state index in [2.05, 4.69) is 0 Å². The van der Waals surface area contributed by atoms with E-state index in [0.29, 0.717) is 0 Å². The van der Waals surface area contributed by atoms with E-state index in [-0.39, 0.29) is 17.1 Å². The van der Waals surface area contributed by atoms with Gasteiger partial charge in [-0.15, -0.1) is 0 Å². The van der Waals surface area contributed by atoms with Crippen molar-refractivity contribution in [1.29, 1.82) is 0 Å². The molecular formula is C8H12NO5P. The molecule has 5 N–H and O–H groups in total. The molecule has 0 spiro atoms. The minimum atomic E-state index is -4.40. The number of phenolic OH excluding ortho intramolecular Hbond substituents is 1. The van der Waals surface area contributed by atoms with Crippen molar-refractivity contribution in [3.8, 4) is 11.5 Å². The van der Waals surface area contributed by atoms with Gasteiger partial charge in [0.1, 0.15) is 5.78 Å². The molecular weight excluding hydrogens is 221 g/mol. The van der Waals surface area contributed by atoms with Gasteiger partial charge >= 0.3 is 7.60 Å². The van der Waals surface area contributed by atoms with Crippen molar-refractivity contribution in [2.75, 3.05) is 7.11 Å². The van der Waals surface area contributed by atoms with Gasteiger partial charge in [0.2, 0.25) is 0 Å². The Hall–Kier alpha value is -1.07. The van der Waals surface area contributed by atoms with Gasteiger partial charge in [0.25, 0.3) is 0 Å². The first-order chi connectivity index (χ1) is 6.86. The highest BCUT2D eigenvalue weighted by atomic mass is 31.2. The molecule has 1 atom stereocenters. The third-order valence-electron chi connectivity index (χ3n) is 1.91. The first-order valence-corrected chi connectivity index (χ1v) is 5.72. The van der Waals surface area contributed by atoms with E-state index in [4.69, 9.17) is 20.3 Å². The zero-order chi connectivity index (χ0) is 11.6. The summed E-state index contributed by atoms with van der Waals surface area (Å²) in [5.74, 6) is -1.43. The highest BCUT2D eigenvalue weighted by molar-refractivity contribution is 7.52. The maximum Gasteiger partial charge on any atom is 0.346 e. The molecule has 84 valence electrons. The Morgan fingerprint density at radius 2 is 2.07 bits per heavy atom. The van der Waals surface area contributed by atoms with Crippen LogP contribution in [-0.4, -0.2) is 22.0 Å². The fraction of sp³-hybridized carbons (Fsp3) is 0.250. The normalized spacial score (nSPS) is 13.6. The van der Waals surface area contributed by atoms with Gasteiger partial charge in [-0.1, -0.05) is 6.07 Å². The second kappa shape index (κ2) is 4.20. The lowest BCUT2D eigenvalue weighted by atomic mass is 10.2. The molecule has 0 bridgehead atoms. The van der Waals surface area contributed by atoms with Gasteiger partial charge in [0.05, 0.1) is 7.11 Å². The van der Waals surface area contributed by atoms with Gasteiger partial charge in [-0.25, -0.2) is 0 Å². The fourth-order valence-corrected chi connectivity index (χ4v) is 1.63. The van der Waals surface area contributed by atoms with Gasteiger partial charge in [0.15, 0.2) is 11.5 Å². The molecule has 0 saturated heterocycles. The smallest absolute Gasteiger partial charge is 0.346 e. The Bertz CT molecular complexity index is 402. The molecule has 0 aliphatic rings. The molecule has 0 aromatic heterocycles. The Balaban J connectivity index is 3.08. The van der Waals surface area contributed by atoms with Crippen LogP contribution in [0.1, 0.15) is 11.3 Å². The van der Waals surface area contributed by atoms with Crippen LogP contribution in [0, 0.1) is 0 Å². The molecule has 0 radical (unpaired) electrons. The van der Waals surface area contributed by atoms with Crippen LogP contribution >= 0.6 is 7.60 Å². The number of hydrogen-bond donors (Lipinski definition) is 4. The van der Waals surface area contributed by atoms with Crippen LogP contribution in [0.25, 0.3) is 0 Å². The van der Waals surface area contributed by atoms with E-state index in [1.165, 1.54) is 25.3 Å². The minimum absolute atomic E-state index is 0.154. The zero-order valence-corrected chi connectivity index (χ0v) is 8.89. The topological polar surface area (TPSA) is 113 Å². The van der Waals surface area contributed by atoms with Crippen LogP contribution in [0.2, 0.25) is 0 Å². The molecule has 0 aliphatic heterocycles. The quantitative estimate of drug-likeness (QED) is 0.566. The lowest BCUT2D eigenvalue weighted by Gasteiger charge is -2.14. The Morgan fingerprint density at radius 1 is 1.47 bits per heavy atom. The molecule has 6 nitrogen and oxygen atoms in total. The van der Waals surface area contributed by atoms with Gasteiger partial charge in [-0.3, -0.25) is 4.57 Å². The number of aromatic hydroxyl groups is 1. The van der Waals surface area contributed by atoms with Gasteiger partial charge in [-0.2, -0.15) is 0 Å². The van der Waals surface area contributed by atoms with Crippen molar-refractivity contribution in [1.82, 2.24) is 0 Å². The summed E-state index contributed by atoms with van der Waals surface area (Å²) in [6, 6.07) is 3.95. The molecule has 15 heavy (non-hydrogen) atoms. The first kappa shape index (κ1) is 12.0. The van der Waals surface area contributed by atoms with Crippen LogP contribution in [0.3, 0.4) is 0 Å². The summed E-state index contributed by atoms with van der Waals surface area (Å²) in [5, 5.41) is 9.37. The molecule has 1 aromatic carbocycles. The summed E-state index contributed by atoms with van der Waals surface area (Å²) in [6.07, 6.45) is 0. The molecule has 0 aliphatic carbocycles. The highest BCUT2D eigenvalue weighted by Gasteiger charge is 2.26. The van der Waals surface area contributed by atoms with E-state index < -0.39 is 13.4 Å². The molecule has 1 aromatic rings. The molecule has 0 heterocycles. The van der Waals surface area contributed by atoms with Crippen LogP contribution in [0.5, 0.6) is 11.5 Å². The van der Waals surface area contributed by atoms with Crippen molar-refractivity contribution >= 4 is 7.60 Å². The summed E-state index contributed by atoms with van der Waals surface area (Å²) < 4.78 is 15.6. The standard InChI is InChI=1S/C8H12NO5P/c1-14-7-3-2-5(4-6(7)10)8(9)15(11,12)13/h2-4,8,10H,9H2,1H3,(H2,11,12,13)/t8-/m0/s1. The van der Waals surface area contributed by atoms with E-state index in [9.17, 15) is 9.67 Å². The number of ether oxygens (including phenoxy) is 1. The molecule has 0 saturated carbocycles. The summed E-state index contributed by atoms with van der Waals surface area (Å²) in [7, 11) is -3.02. The number of hydrogen-bond acceptors (Lipinski definition) is 4. The molecule has 0 amide bonds. The summed E-state index contributed by atoms with van der Waals surface area (Å²) in [5.41, 5.74) is 5.47. The average molecular weight is 233 g/mol. The van der Waals surface area contributed by atoms with Crippen LogP contribution in [-0.2, 0) is 4.57 Å². The molecule has 0 unspecified atom stereocenters. The van der Waals surface area contributed by atoms with Gasteiger partial charge < -0.3 is 25.4 Å². The SMILES string of the molecule is COc1ccc([C@@H](N)P(=O)(O)O)cc1O. The number of nitrogens with two attached hydrogens (primary N) is 1. The van der Waals surface area contributed by atoms with Gasteiger partial charge in [-0.05, 0) is 17.7 Å². The van der Waals surface area contributed by atoms with Gasteiger partial charge in [0, 0.05) is 0 Å². The minimum Gasteiger partial charge on any atom is -0.504 e. The first-order valence-electron chi connectivity index (χ1n) is 4.04. The maximum absolute atomic E-state index is 10.9. The predicted octanol–water partition coefficient (Wildman–Crippen LogP) is 0.536. The highest BCUT2D eigenvalue weighted by Crippen LogP contribution is 2.48. The van der Waals surface area contributed by atoms with Crippen molar-refractivity contribution in [2.45, 2.75) is 5.78 Å². The fourth-order valence-electron chi connectivity index (χ4n) is 1.09. The van der Waals surface area contributed by atoms with Crippen molar-refractivity contribution < 1.29 is 24.2 Å². The van der Waals surface area contributed by atoms with Crippen molar-refractivity contribution in [3.63, 3.8) is 0 Å². The Morgan fingerprint density at radius 3 is 2.47 bits per heavy atom. The van der Waals surface area contributed by atoms with E-state index in [1.54, 1.807) is 0 Å². The van der Waals surface area contributed by atoms with Crippen LogP contribution in [0.4, 0.5) is 0 Å². The Kier molecular flexibility index (Phi) is 3.36. The second-order valence-corrected chi connectivity index (χ2v) is 4.70. The van der Waals surface area contributed by atoms with Crippen LogP contribution < -0.4 is 10.5 Å². The van der Waals surface area contributed by atoms with E-state index in [1.807, 2.05) is 0 Å². The molecule has 0 fully saturated rings. The summed E-state index contributed by atoms with van der Waals surface area (Å²) in [4.78, 5) is 17.7. The van der Waals surface area contributed by atoms with Crippen LogP contribution in [0.15, 0.2) is 18.2 Å². The third-order valence-corrected chi connectivity index (χ3v) is 2.93. The monoisotopic (exact) mass is 233 g/mol. The molecule has 1 rings (SSSR count). The summed E-state index contributed by atoms with van der Waals surface area (Å²) in [6.45, 7) is 0. The number of methoxy groups -OCH3 is 1.